The molecule has 3 aromatic rings. The van der Waals surface area contributed by atoms with Crippen molar-refractivity contribution < 1.29 is 23.0 Å². The third-order valence-corrected chi connectivity index (χ3v) is 11.2. The third-order valence-electron chi connectivity index (χ3n) is 10.0. The van der Waals surface area contributed by atoms with Crippen LogP contribution in [0.2, 0.25) is 0 Å². The number of halogens is 2. The van der Waals surface area contributed by atoms with Gasteiger partial charge in [0, 0.05) is 35.4 Å². The molecule has 1 unspecified atom stereocenters. The van der Waals surface area contributed by atoms with E-state index in [1.165, 1.54) is 18.2 Å². The highest BCUT2D eigenvalue weighted by Gasteiger charge is 2.63. The monoisotopic (exact) mass is 605 g/mol. The first kappa shape index (κ1) is 27.2. The van der Waals surface area contributed by atoms with Gasteiger partial charge in [0.1, 0.15) is 6.17 Å². The summed E-state index contributed by atoms with van der Waals surface area (Å²) >= 11 is 1.59. The fourth-order valence-electron chi connectivity index (χ4n) is 8.09. The summed E-state index contributed by atoms with van der Waals surface area (Å²) in [6.45, 7) is 2.82. The Morgan fingerprint density at radius 1 is 1.09 bits per heavy atom. The molecular weight excluding hydrogens is 572 g/mol. The summed E-state index contributed by atoms with van der Waals surface area (Å²) < 4.78 is 44.3. The zero-order chi connectivity index (χ0) is 29.5. The normalized spacial score (nSPS) is 28.5. The van der Waals surface area contributed by atoms with E-state index >= 15 is 4.39 Å². The molecule has 7 nitrogen and oxygen atoms in total. The van der Waals surface area contributed by atoms with Gasteiger partial charge in [0.15, 0.2) is 23.1 Å². The number of carbonyl (C=O) groups excluding carboxylic acids is 1. The maximum Gasteiger partial charge on any atom is 0.278 e. The molecule has 43 heavy (non-hydrogen) atoms. The molecule has 2 aromatic carbocycles. The molecule has 1 spiro atoms. The first-order chi connectivity index (χ1) is 20.9. The second-order valence-corrected chi connectivity index (χ2v) is 13.3. The number of hydrogen-bond donors (Lipinski definition) is 0. The molecule has 8 rings (SSSR count). The van der Waals surface area contributed by atoms with Crippen LogP contribution in [-0.4, -0.2) is 46.5 Å². The van der Waals surface area contributed by atoms with Gasteiger partial charge < -0.3 is 14.4 Å². The molecule has 5 atom stereocenters. The van der Waals surface area contributed by atoms with Gasteiger partial charge in [0.05, 0.1) is 24.4 Å². The van der Waals surface area contributed by atoms with E-state index in [0.717, 1.165) is 49.0 Å². The lowest BCUT2D eigenvalue weighted by molar-refractivity contribution is -0.0757. The average molecular weight is 606 g/mol. The van der Waals surface area contributed by atoms with Crippen LogP contribution in [0.1, 0.15) is 78.7 Å². The van der Waals surface area contributed by atoms with Crippen molar-refractivity contribution in [1.82, 2.24) is 9.58 Å². The fraction of sp³-hybridized carbons (Fsp3) is 0.455. The summed E-state index contributed by atoms with van der Waals surface area (Å²) in [5.74, 6) is -1.51. The largest absolute Gasteiger partial charge is 0.487 e. The van der Waals surface area contributed by atoms with E-state index in [0.29, 0.717) is 30.0 Å². The quantitative estimate of drug-likeness (QED) is 0.345. The lowest BCUT2D eigenvalue weighted by Crippen LogP contribution is -2.70. The van der Waals surface area contributed by atoms with E-state index in [4.69, 9.17) is 9.47 Å². The van der Waals surface area contributed by atoms with E-state index in [1.54, 1.807) is 22.6 Å². The molecule has 1 amide bonds. The number of aromatic nitrogens is 1. The second kappa shape index (κ2) is 10.1. The predicted octanol–water partition coefficient (Wildman–Crippen LogP) is 5.76. The van der Waals surface area contributed by atoms with Crippen LogP contribution in [0.15, 0.2) is 58.4 Å². The van der Waals surface area contributed by atoms with Crippen LogP contribution in [0, 0.1) is 17.6 Å². The van der Waals surface area contributed by atoms with Crippen molar-refractivity contribution in [2.75, 3.05) is 18.2 Å². The Morgan fingerprint density at radius 3 is 2.77 bits per heavy atom. The Balaban J connectivity index is 1.40. The molecule has 3 saturated heterocycles. The number of benzene rings is 2. The van der Waals surface area contributed by atoms with Crippen molar-refractivity contribution >= 4 is 17.7 Å². The highest BCUT2D eigenvalue weighted by atomic mass is 32.2. The molecule has 5 aliphatic heterocycles. The summed E-state index contributed by atoms with van der Waals surface area (Å²) in [7, 11) is 0. The molecule has 1 aromatic heterocycles. The summed E-state index contributed by atoms with van der Waals surface area (Å²) in [5.41, 5.74) is 1.78. The number of piperidine rings is 1. The van der Waals surface area contributed by atoms with Crippen LogP contribution >= 0.6 is 11.8 Å². The Labute approximate surface area is 252 Å². The Hall–Kier alpha value is -3.37. The van der Waals surface area contributed by atoms with E-state index < -0.39 is 23.8 Å². The molecule has 5 aliphatic rings. The van der Waals surface area contributed by atoms with Crippen LogP contribution < -0.4 is 15.2 Å². The number of rotatable bonds is 5. The minimum absolute atomic E-state index is 0.0119. The van der Waals surface area contributed by atoms with Crippen LogP contribution in [0.5, 0.6) is 5.75 Å². The van der Waals surface area contributed by atoms with Crippen molar-refractivity contribution in [2.24, 2.45) is 5.92 Å². The first-order valence-corrected chi connectivity index (χ1v) is 16.2. The minimum atomic E-state index is -0.912. The number of nitrogens with zero attached hydrogens (tertiary/aromatic N) is 3. The minimum Gasteiger partial charge on any atom is -0.487 e. The predicted molar refractivity (Wildman–Crippen MR) is 158 cm³/mol. The number of carbonyl (C=O) groups is 1. The van der Waals surface area contributed by atoms with Crippen LogP contribution in [0.25, 0.3) is 0 Å². The van der Waals surface area contributed by atoms with Gasteiger partial charge in [0.2, 0.25) is 5.43 Å². The third kappa shape index (κ3) is 4.01. The summed E-state index contributed by atoms with van der Waals surface area (Å²) in [6, 6.07) is 11.5. The Bertz CT molecular complexity index is 1700. The van der Waals surface area contributed by atoms with Gasteiger partial charge in [-0.25, -0.2) is 8.78 Å². The van der Waals surface area contributed by atoms with Gasteiger partial charge in [0.25, 0.3) is 5.91 Å². The molecule has 0 aliphatic carbocycles. The molecule has 0 radical (unpaired) electrons. The van der Waals surface area contributed by atoms with Crippen LogP contribution in [0.3, 0.4) is 0 Å². The highest BCUT2D eigenvalue weighted by Crippen LogP contribution is 2.57. The molecule has 10 heteroatoms. The van der Waals surface area contributed by atoms with Crippen LogP contribution in [-0.2, 0) is 10.5 Å². The van der Waals surface area contributed by atoms with E-state index in [-0.39, 0.29) is 40.4 Å². The Kier molecular flexibility index (Phi) is 6.38. The number of thioether (sulfide) groups is 1. The number of amides is 1. The zero-order valence-electron chi connectivity index (χ0n) is 23.9. The number of hydrogen-bond acceptors (Lipinski definition) is 6. The van der Waals surface area contributed by atoms with Crippen molar-refractivity contribution in [1.29, 1.82) is 0 Å². The highest BCUT2D eigenvalue weighted by molar-refractivity contribution is 7.98. The molecule has 6 heterocycles. The lowest BCUT2D eigenvalue weighted by atomic mass is 9.71. The van der Waals surface area contributed by atoms with Crippen LogP contribution in [0.4, 0.5) is 8.78 Å². The summed E-state index contributed by atoms with van der Waals surface area (Å²) in [5, 5.41) is 2.14. The maximum absolute atomic E-state index is 15.1. The number of unbranched alkanes of at least 4 members (excludes halogenated alkanes) is 1. The smallest absolute Gasteiger partial charge is 0.278 e. The van der Waals surface area contributed by atoms with Gasteiger partial charge >= 0.3 is 0 Å². The molecule has 0 N–H and O–H groups in total. The van der Waals surface area contributed by atoms with Crippen molar-refractivity contribution in [2.45, 2.75) is 80.0 Å². The van der Waals surface area contributed by atoms with Crippen molar-refractivity contribution in [3.8, 4) is 5.75 Å². The van der Waals surface area contributed by atoms with Crippen molar-refractivity contribution in [3.63, 3.8) is 0 Å². The summed E-state index contributed by atoms with van der Waals surface area (Å²) in [6.07, 6.45) is 6.46. The van der Waals surface area contributed by atoms with E-state index in [2.05, 4.69) is 5.01 Å². The van der Waals surface area contributed by atoms with Gasteiger partial charge in [-0.1, -0.05) is 31.5 Å². The fourth-order valence-corrected chi connectivity index (χ4v) is 9.17. The molecular formula is C33H33F2N3O4S. The summed E-state index contributed by atoms with van der Waals surface area (Å²) in [4.78, 5) is 30.6. The maximum atomic E-state index is 15.1. The topological polar surface area (TPSA) is 64.0 Å². The lowest BCUT2D eigenvalue weighted by Gasteiger charge is -2.57. The zero-order valence-corrected chi connectivity index (χ0v) is 24.7. The average Bonchev–Trinajstić information content (AvgIpc) is 3.55. The van der Waals surface area contributed by atoms with E-state index in [1.807, 2.05) is 36.1 Å². The first-order valence-electron chi connectivity index (χ1n) is 15.3. The Morgan fingerprint density at radius 2 is 1.93 bits per heavy atom. The second-order valence-electron chi connectivity index (χ2n) is 12.3. The van der Waals surface area contributed by atoms with Crippen molar-refractivity contribution in [3.05, 3.63) is 92.9 Å². The van der Waals surface area contributed by atoms with E-state index in [9.17, 15) is 14.0 Å². The molecule has 0 saturated carbocycles. The standard InChI is InChI=1S/C33H33F2N3O4S/c1-2-3-14-41-30-26(39)9-12-37-29(30)32(40)36-13-11-33-10-8-20(42-33)16-23(33)31(36)38(37)28-21-6-4-5-7-27(21)43-18-19-15-24(34)25(35)17-22(19)28/h4-7,9,12,15,17,20,23,28,31H,2-3,8,10-11,13-14,16,18H2,1H3/t20-,23+,28?,31+,33-/m0/s1. The molecule has 3 fully saturated rings. The van der Waals surface area contributed by atoms with Gasteiger partial charge in [-0.15, -0.1) is 11.8 Å². The number of pyridine rings is 1. The van der Waals surface area contributed by atoms with Gasteiger partial charge in [-0.2, -0.15) is 0 Å². The molecule has 2 bridgehead atoms. The number of ether oxygens (including phenoxy) is 2. The number of fused-ring (bicyclic) bond motifs is 6. The van der Waals surface area contributed by atoms with Gasteiger partial charge in [-0.3, -0.25) is 19.3 Å². The van der Waals surface area contributed by atoms with Gasteiger partial charge in [-0.05, 0) is 67.0 Å². The molecule has 224 valence electrons. The SMILES string of the molecule is CCCCOc1c2n(ccc1=O)N(C1c3cc(F)c(F)cc3CSc3ccccc31)[C@@H]1[C@H]3C[C@@H]4CC[C@@]3(CCN1C2=O)O4.